The van der Waals surface area contributed by atoms with Gasteiger partial charge in [0.15, 0.2) is 0 Å². The number of ether oxygens (including phenoxy) is 1. The van der Waals surface area contributed by atoms with Gasteiger partial charge in [-0.25, -0.2) is 0 Å². The zero-order valence-electron chi connectivity index (χ0n) is 12.6. The highest BCUT2D eigenvalue weighted by atomic mass is 16.5. The lowest BCUT2D eigenvalue weighted by molar-refractivity contribution is 0.0990. The third-order valence-corrected chi connectivity index (χ3v) is 3.27. The van der Waals surface area contributed by atoms with Crippen molar-refractivity contribution in [2.24, 2.45) is 0 Å². The molecule has 21 heavy (non-hydrogen) atoms. The largest absolute Gasteiger partial charge is 0.493 e. The number of nitrogen functional groups attached to an aromatic ring is 1. The third kappa shape index (κ3) is 3.16. The zero-order valence-corrected chi connectivity index (χ0v) is 12.6. The molecule has 0 aromatic heterocycles. The average molecular weight is 284 g/mol. The van der Waals surface area contributed by atoms with Crippen LogP contribution in [0.4, 0.5) is 11.4 Å². The summed E-state index contributed by atoms with van der Waals surface area (Å²) in [6.45, 7) is 4.35. The van der Waals surface area contributed by atoms with Gasteiger partial charge < -0.3 is 15.4 Å². The minimum absolute atomic E-state index is 0.179. The fourth-order valence-electron chi connectivity index (χ4n) is 2.17. The van der Waals surface area contributed by atoms with Gasteiger partial charge in [0, 0.05) is 18.4 Å². The maximum Gasteiger partial charge on any atom is 0.263 e. The van der Waals surface area contributed by atoms with Crippen LogP contribution in [0.2, 0.25) is 0 Å². The molecule has 0 radical (unpaired) electrons. The van der Waals surface area contributed by atoms with Crippen LogP contribution in [-0.4, -0.2) is 19.6 Å². The summed E-state index contributed by atoms with van der Waals surface area (Å²) in [6.07, 6.45) is 0. The molecule has 1 amide bonds. The smallest absolute Gasteiger partial charge is 0.263 e. The van der Waals surface area contributed by atoms with Crippen LogP contribution >= 0.6 is 0 Å². The molecule has 0 heterocycles. The second-order valence-electron chi connectivity index (χ2n) is 4.86. The quantitative estimate of drug-likeness (QED) is 0.877. The van der Waals surface area contributed by atoms with Crippen LogP contribution in [-0.2, 0) is 0 Å². The molecule has 0 saturated heterocycles. The first-order chi connectivity index (χ1) is 10.0. The predicted octanol–water partition coefficient (Wildman–Crippen LogP) is 3.25. The molecule has 0 aliphatic carbocycles. The molecule has 0 aliphatic rings. The highest BCUT2D eigenvalue weighted by molar-refractivity contribution is 6.11. The third-order valence-electron chi connectivity index (χ3n) is 3.27. The van der Waals surface area contributed by atoms with Gasteiger partial charge in [-0.15, -0.1) is 0 Å². The lowest BCUT2D eigenvalue weighted by atomic mass is 10.1. The Kier molecular flexibility index (Phi) is 4.48. The Labute approximate surface area is 125 Å². The predicted molar refractivity (Wildman–Crippen MR) is 85.9 cm³/mol. The van der Waals surface area contributed by atoms with Crippen molar-refractivity contribution in [1.82, 2.24) is 0 Å². The Bertz CT molecular complexity index is 653. The number of carbonyl (C=O) groups excluding carboxylic acids is 1. The molecule has 0 unspecified atom stereocenters. The second-order valence-corrected chi connectivity index (χ2v) is 4.86. The van der Waals surface area contributed by atoms with Gasteiger partial charge in [-0.05, 0) is 43.7 Å². The summed E-state index contributed by atoms with van der Waals surface area (Å²) in [4.78, 5) is 14.3. The van der Waals surface area contributed by atoms with Gasteiger partial charge in [0.2, 0.25) is 0 Å². The zero-order chi connectivity index (χ0) is 15.4. The van der Waals surface area contributed by atoms with Gasteiger partial charge >= 0.3 is 0 Å². The fourth-order valence-corrected chi connectivity index (χ4v) is 2.17. The van der Waals surface area contributed by atoms with E-state index in [0.717, 1.165) is 11.3 Å². The first-order valence-electron chi connectivity index (χ1n) is 6.90. The number of carbonyl (C=O) groups is 1. The molecule has 110 valence electrons. The van der Waals surface area contributed by atoms with E-state index in [1.807, 2.05) is 38.1 Å². The van der Waals surface area contributed by atoms with E-state index < -0.39 is 0 Å². The van der Waals surface area contributed by atoms with Crippen LogP contribution < -0.4 is 15.4 Å². The Balaban J connectivity index is 2.40. The van der Waals surface area contributed by atoms with Crippen molar-refractivity contribution in [3.63, 3.8) is 0 Å². The molecule has 2 aromatic rings. The number of benzene rings is 2. The SMILES string of the molecule is CCOc1cccc(N)c1C(=O)N(C)c1cccc(C)c1. The van der Waals surface area contributed by atoms with Crippen molar-refractivity contribution in [1.29, 1.82) is 0 Å². The number of nitrogens with two attached hydrogens (primary N) is 1. The summed E-state index contributed by atoms with van der Waals surface area (Å²) < 4.78 is 5.52. The Hall–Kier alpha value is -2.49. The summed E-state index contributed by atoms with van der Waals surface area (Å²) in [6, 6.07) is 13.0. The topological polar surface area (TPSA) is 55.6 Å². The Morgan fingerprint density at radius 2 is 1.95 bits per heavy atom. The highest BCUT2D eigenvalue weighted by Crippen LogP contribution is 2.27. The van der Waals surface area contributed by atoms with E-state index in [1.54, 1.807) is 30.1 Å². The Morgan fingerprint density at radius 3 is 2.62 bits per heavy atom. The maximum atomic E-state index is 12.7. The lowest BCUT2D eigenvalue weighted by Crippen LogP contribution is -2.27. The van der Waals surface area contributed by atoms with Gasteiger partial charge in [0.05, 0.1) is 6.61 Å². The van der Waals surface area contributed by atoms with Crippen molar-refractivity contribution in [2.75, 3.05) is 24.3 Å². The molecule has 0 spiro atoms. The van der Waals surface area contributed by atoms with E-state index in [2.05, 4.69) is 0 Å². The number of amides is 1. The van der Waals surface area contributed by atoms with Gasteiger partial charge in [0.1, 0.15) is 11.3 Å². The number of aryl methyl sites for hydroxylation is 1. The molecule has 4 heteroatoms. The van der Waals surface area contributed by atoms with Crippen LogP contribution in [0.3, 0.4) is 0 Å². The number of rotatable bonds is 4. The maximum absolute atomic E-state index is 12.7. The molecule has 2 aromatic carbocycles. The van der Waals surface area contributed by atoms with Crippen LogP contribution in [0.15, 0.2) is 42.5 Å². The first-order valence-corrected chi connectivity index (χ1v) is 6.90. The molecular weight excluding hydrogens is 264 g/mol. The van der Waals surface area contributed by atoms with Crippen LogP contribution in [0.5, 0.6) is 5.75 Å². The minimum Gasteiger partial charge on any atom is -0.493 e. The summed E-state index contributed by atoms with van der Waals surface area (Å²) in [5.74, 6) is 0.337. The monoisotopic (exact) mass is 284 g/mol. The van der Waals surface area contributed by atoms with Crippen LogP contribution in [0, 0.1) is 6.92 Å². The summed E-state index contributed by atoms with van der Waals surface area (Å²) in [5, 5.41) is 0. The normalized spacial score (nSPS) is 10.2. The summed E-state index contributed by atoms with van der Waals surface area (Å²) in [5.41, 5.74) is 8.72. The van der Waals surface area contributed by atoms with Crippen molar-refractivity contribution in [3.8, 4) is 5.75 Å². The van der Waals surface area contributed by atoms with Crippen molar-refractivity contribution in [2.45, 2.75) is 13.8 Å². The van der Waals surface area contributed by atoms with Gasteiger partial charge in [0.25, 0.3) is 5.91 Å². The summed E-state index contributed by atoms with van der Waals surface area (Å²) in [7, 11) is 1.74. The van der Waals surface area contributed by atoms with E-state index in [1.165, 1.54) is 0 Å². The molecule has 0 atom stereocenters. The molecule has 2 N–H and O–H groups in total. The van der Waals surface area contributed by atoms with E-state index >= 15 is 0 Å². The fraction of sp³-hybridized carbons (Fsp3) is 0.235. The van der Waals surface area contributed by atoms with Gasteiger partial charge in [-0.3, -0.25) is 4.79 Å². The molecule has 0 fully saturated rings. The number of nitrogens with zero attached hydrogens (tertiary/aromatic N) is 1. The molecule has 0 aliphatic heterocycles. The van der Waals surface area contributed by atoms with E-state index in [9.17, 15) is 4.79 Å². The Morgan fingerprint density at radius 1 is 1.24 bits per heavy atom. The average Bonchev–Trinajstić information content (AvgIpc) is 2.46. The van der Waals surface area contributed by atoms with E-state index in [4.69, 9.17) is 10.5 Å². The molecule has 0 bridgehead atoms. The first kappa shape index (κ1) is 14.9. The lowest BCUT2D eigenvalue weighted by Gasteiger charge is -2.20. The molecule has 0 saturated carbocycles. The molecular formula is C17H20N2O2. The van der Waals surface area contributed by atoms with Crippen LogP contribution in [0.25, 0.3) is 0 Å². The van der Waals surface area contributed by atoms with Gasteiger partial charge in [-0.1, -0.05) is 18.2 Å². The van der Waals surface area contributed by atoms with E-state index in [0.29, 0.717) is 23.6 Å². The number of hydrogen-bond acceptors (Lipinski definition) is 3. The van der Waals surface area contributed by atoms with Gasteiger partial charge in [-0.2, -0.15) is 0 Å². The molecule has 4 nitrogen and oxygen atoms in total. The van der Waals surface area contributed by atoms with Crippen molar-refractivity contribution < 1.29 is 9.53 Å². The van der Waals surface area contributed by atoms with Crippen molar-refractivity contribution >= 4 is 17.3 Å². The minimum atomic E-state index is -0.179. The molecule has 2 rings (SSSR count). The highest BCUT2D eigenvalue weighted by Gasteiger charge is 2.20. The van der Waals surface area contributed by atoms with Crippen molar-refractivity contribution in [3.05, 3.63) is 53.6 Å². The standard InChI is InChI=1S/C17H20N2O2/c1-4-21-15-10-6-9-14(18)16(15)17(20)19(3)13-8-5-7-12(2)11-13/h5-11H,4,18H2,1-3H3. The number of anilines is 2. The van der Waals surface area contributed by atoms with E-state index in [-0.39, 0.29) is 5.91 Å². The summed E-state index contributed by atoms with van der Waals surface area (Å²) >= 11 is 0. The second kappa shape index (κ2) is 6.31. The number of hydrogen-bond donors (Lipinski definition) is 1. The van der Waals surface area contributed by atoms with Crippen LogP contribution in [0.1, 0.15) is 22.8 Å².